The number of hydrogen-bond acceptors (Lipinski definition) is 5. The van der Waals surface area contributed by atoms with Crippen LogP contribution < -0.4 is 5.32 Å². The molecular formula is C14H22N2O2S. The van der Waals surface area contributed by atoms with Crippen molar-refractivity contribution in [3.63, 3.8) is 0 Å². The standard InChI is InChI=1S/C14H22N2O2S/c1-4-10-6-5-7-11(8-10)16-14-15-9(2)12(19-14)13(17)18-3/h10-11H,4-8H2,1-3H3,(H,15,16). The molecule has 1 N–H and O–H groups in total. The van der Waals surface area contributed by atoms with Gasteiger partial charge in [0.1, 0.15) is 4.88 Å². The molecule has 2 atom stereocenters. The van der Waals surface area contributed by atoms with Crippen molar-refractivity contribution in [1.29, 1.82) is 0 Å². The van der Waals surface area contributed by atoms with Gasteiger partial charge in [-0.3, -0.25) is 0 Å². The molecule has 0 spiro atoms. The van der Waals surface area contributed by atoms with Crippen molar-refractivity contribution in [2.24, 2.45) is 5.92 Å². The fourth-order valence-corrected chi connectivity index (χ4v) is 3.67. The first-order chi connectivity index (χ1) is 9.13. The highest BCUT2D eigenvalue weighted by atomic mass is 32.1. The molecule has 19 heavy (non-hydrogen) atoms. The lowest BCUT2D eigenvalue weighted by molar-refractivity contribution is 0.0605. The van der Waals surface area contributed by atoms with Crippen LogP contribution in [0.1, 0.15) is 54.4 Å². The molecule has 1 saturated carbocycles. The van der Waals surface area contributed by atoms with Crippen molar-refractivity contribution in [2.75, 3.05) is 12.4 Å². The molecule has 0 aromatic carbocycles. The summed E-state index contributed by atoms with van der Waals surface area (Å²) < 4.78 is 4.76. The molecule has 0 radical (unpaired) electrons. The van der Waals surface area contributed by atoms with Gasteiger partial charge < -0.3 is 10.1 Å². The number of aromatic nitrogens is 1. The highest BCUT2D eigenvalue weighted by molar-refractivity contribution is 7.17. The molecule has 0 amide bonds. The first kappa shape index (κ1) is 14.3. The number of ether oxygens (including phenoxy) is 1. The normalized spacial score (nSPS) is 23.1. The third kappa shape index (κ3) is 3.47. The first-order valence-corrected chi connectivity index (χ1v) is 7.78. The van der Waals surface area contributed by atoms with E-state index < -0.39 is 0 Å². The Morgan fingerprint density at radius 2 is 2.32 bits per heavy atom. The molecule has 1 aliphatic rings. The maximum atomic E-state index is 11.6. The van der Waals surface area contributed by atoms with E-state index in [1.807, 2.05) is 6.92 Å². The van der Waals surface area contributed by atoms with Crippen molar-refractivity contribution >= 4 is 22.4 Å². The summed E-state index contributed by atoms with van der Waals surface area (Å²) in [5, 5.41) is 4.33. The van der Waals surface area contributed by atoms with E-state index in [4.69, 9.17) is 4.74 Å². The van der Waals surface area contributed by atoms with Crippen LogP contribution in [-0.4, -0.2) is 24.1 Å². The predicted molar refractivity (Wildman–Crippen MR) is 77.9 cm³/mol. The van der Waals surface area contributed by atoms with Crippen LogP contribution in [0.3, 0.4) is 0 Å². The van der Waals surface area contributed by atoms with E-state index in [1.165, 1.54) is 50.6 Å². The van der Waals surface area contributed by atoms with Crippen LogP contribution in [-0.2, 0) is 4.74 Å². The maximum absolute atomic E-state index is 11.6. The molecule has 1 aromatic rings. The van der Waals surface area contributed by atoms with Crippen LogP contribution >= 0.6 is 11.3 Å². The average molecular weight is 282 g/mol. The summed E-state index contributed by atoms with van der Waals surface area (Å²) in [6.07, 6.45) is 6.29. The second-order valence-corrected chi connectivity index (χ2v) is 6.21. The van der Waals surface area contributed by atoms with Gasteiger partial charge in [-0.05, 0) is 25.7 Å². The summed E-state index contributed by atoms with van der Waals surface area (Å²) in [5.74, 6) is 0.533. The Labute approximate surface area is 118 Å². The SMILES string of the molecule is CCC1CCCC(Nc2nc(C)c(C(=O)OC)s2)C1. The van der Waals surface area contributed by atoms with Crippen LogP contribution in [0.25, 0.3) is 0 Å². The van der Waals surface area contributed by atoms with E-state index in [2.05, 4.69) is 17.2 Å². The van der Waals surface area contributed by atoms with Crippen LogP contribution in [0, 0.1) is 12.8 Å². The third-order valence-corrected chi connectivity index (χ3v) is 4.92. The monoisotopic (exact) mass is 282 g/mol. The number of nitrogens with zero attached hydrogens (tertiary/aromatic N) is 1. The molecule has 0 bridgehead atoms. The Bertz CT molecular complexity index is 445. The van der Waals surface area contributed by atoms with Gasteiger partial charge in [0.25, 0.3) is 0 Å². The van der Waals surface area contributed by atoms with Gasteiger partial charge in [0.15, 0.2) is 5.13 Å². The van der Waals surface area contributed by atoms with E-state index in [0.717, 1.165) is 16.7 Å². The summed E-state index contributed by atoms with van der Waals surface area (Å²) in [6, 6.07) is 0.495. The average Bonchev–Trinajstić information content (AvgIpc) is 2.79. The number of hydrogen-bond donors (Lipinski definition) is 1. The van der Waals surface area contributed by atoms with E-state index in [-0.39, 0.29) is 5.97 Å². The van der Waals surface area contributed by atoms with Crippen molar-refractivity contribution in [1.82, 2.24) is 4.98 Å². The summed E-state index contributed by atoms with van der Waals surface area (Å²) in [4.78, 5) is 16.6. The summed E-state index contributed by atoms with van der Waals surface area (Å²) >= 11 is 1.40. The van der Waals surface area contributed by atoms with Gasteiger partial charge in [-0.1, -0.05) is 37.5 Å². The quantitative estimate of drug-likeness (QED) is 0.857. The molecule has 2 rings (SSSR count). The van der Waals surface area contributed by atoms with Crippen LogP contribution in [0.5, 0.6) is 0 Å². The molecule has 1 heterocycles. The molecule has 1 aromatic heterocycles. The number of rotatable bonds is 4. The van der Waals surface area contributed by atoms with Crippen molar-refractivity contribution in [2.45, 2.75) is 52.0 Å². The molecule has 2 unspecified atom stereocenters. The van der Waals surface area contributed by atoms with Gasteiger partial charge in [0.2, 0.25) is 0 Å². The largest absolute Gasteiger partial charge is 0.465 e. The molecule has 1 aliphatic carbocycles. The molecular weight excluding hydrogens is 260 g/mol. The second kappa shape index (κ2) is 6.37. The third-order valence-electron chi connectivity index (χ3n) is 3.86. The zero-order valence-corrected chi connectivity index (χ0v) is 12.7. The Kier molecular flexibility index (Phi) is 4.80. The molecule has 1 fully saturated rings. The van der Waals surface area contributed by atoms with Gasteiger partial charge in [-0.25, -0.2) is 9.78 Å². The number of carbonyl (C=O) groups is 1. The lowest BCUT2D eigenvalue weighted by Gasteiger charge is -2.28. The summed E-state index contributed by atoms with van der Waals surface area (Å²) in [7, 11) is 1.40. The first-order valence-electron chi connectivity index (χ1n) is 6.96. The number of nitrogens with one attached hydrogen (secondary N) is 1. The lowest BCUT2D eigenvalue weighted by Crippen LogP contribution is -2.26. The molecule has 4 nitrogen and oxygen atoms in total. The number of methoxy groups -OCH3 is 1. The van der Waals surface area contributed by atoms with Gasteiger partial charge in [-0.15, -0.1) is 0 Å². The Balaban J connectivity index is 2.01. The van der Waals surface area contributed by atoms with Crippen LogP contribution in [0.15, 0.2) is 0 Å². The summed E-state index contributed by atoms with van der Waals surface area (Å²) in [5.41, 5.74) is 0.752. The van der Waals surface area contributed by atoms with E-state index in [9.17, 15) is 4.79 Å². The number of anilines is 1. The maximum Gasteiger partial charge on any atom is 0.350 e. The number of esters is 1. The lowest BCUT2D eigenvalue weighted by atomic mass is 9.84. The van der Waals surface area contributed by atoms with Gasteiger partial charge in [-0.2, -0.15) is 0 Å². The van der Waals surface area contributed by atoms with Gasteiger partial charge in [0.05, 0.1) is 12.8 Å². The van der Waals surface area contributed by atoms with Crippen molar-refractivity contribution in [3.05, 3.63) is 10.6 Å². The van der Waals surface area contributed by atoms with Gasteiger partial charge >= 0.3 is 5.97 Å². The number of aryl methyl sites for hydroxylation is 1. The fourth-order valence-electron chi connectivity index (χ4n) is 2.71. The minimum absolute atomic E-state index is 0.293. The van der Waals surface area contributed by atoms with E-state index in [0.29, 0.717) is 10.9 Å². The topological polar surface area (TPSA) is 51.2 Å². The Morgan fingerprint density at radius 1 is 1.53 bits per heavy atom. The second-order valence-electron chi connectivity index (χ2n) is 5.21. The van der Waals surface area contributed by atoms with Crippen molar-refractivity contribution in [3.8, 4) is 0 Å². The van der Waals surface area contributed by atoms with Crippen LogP contribution in [0.2, 0.25) is 0 Å². The molecule has 106 valence electrons. The fraction of sp³-hybridized carbons (Fsp3) is 0.714. The highest BCUT2D eigenvalue weighted by Crippen LogP contribution is 2.30. The zero-order chi connectivity index (χ0) is 13.8. The Hall–Kier alpha value is -1.10. The molecule has 0 aliphatic heterocycles. The minimum atomic E-state index is -0.293. The molecule has 0 saturated heterocycles. The van der Waals surface area contributed by atoms with Crippen molar-refractivity contribution < 1.29 is 9.53 Å². The predicted octanol–water partition coefficient (Wildman–Crippen LogP) is 3.62. The highest BCUT2D eigenvalue weighted by Gasteiger charge is 2.22. The van der Waals surface area contributed by atoms with Crippen LogP contribution in [0.4, 0.5) is 5.13 Å². The minimum Gasteiger partial charge on any atom is -0.465 e. The smallest absolute Gasteiger partial charge is 0.350 e. The number of thiazole rings is 1. The molecule has 5 heteroatoms. The van der Waals surface area contributed by atoms with E-state index >= 15 is 0 Å². The van der Waals surface area contributed by atoms with Gasteiger partial charge in [0, 0.05) is 6.04 Å². The Morgan fingerprint density at radius 3 is 3.00 bits per heavy atom. The number of carbonyl (C=O) groups excluding carboxylic acids is 1. The van der Waals surface area contributed by atoms with E-state index in [1.54, 1.807) is 0 Å². The summed E-state index contributed by atoms with van der Waals surface area (Å²) in [6.45, 7) is 4.11. The zero-order valence-electron chi connectivity index (χ0n) is 11.9.